The van der Waals surface area contributed by atoms with Crippen LogP contribution in [0.1, 0.15) is 16.1 Å². The third kappa shape index (κ3) is 3.78. The standard InChI is InChI=1S/C21H16FN5O/c22-16-8-2-1-5-15(16)12-24-21(28)18-11-19(26-13-25-18)27-17-9-3-6-14-7-4-10-23-20(14)17/h1-11,13H,12H2,(H,24,28)(H,25,26,27). The number of fused-ring (bicyclic) bond motifs is 1. The third-order valence-electron chi connectivity index (χ3n) is 4.19. The Morgan fingerprint density at radius 1 is 0.964 bits per heavy atom. The summed E-state index contributed by atoms with van der Waals surface area (Å²) in [6, 6.07) is 17.4. The molecule has 0 aliphatic rings. The summed E-state index contributed by atoms with van der Waals surface area (Å²) in [4.78, 5) is 24.9. The number of hydrogen-bond donors (Lipinski definition) is 2. The number of pyridine rings is 1. The summed E-state index contributed by atoms with van der Waals surface area (Å²) in [6.45, 7) is 0.0749. The van der Waals surface area contributed by atoms with Crippen molar-refractivity contribution >= 4 is 28.3 Å². The lowest BCUT2D eigenvalue weighted by atomic mass is 10.2. The number of nitrogens with one attached hydrogen (secondary N) is 2. The van der Waals surface area contributed by atoms with E-state index < -0.39 is 5.91 Å². The quantitative estimate of drug-likeness (QED) is 0.556. The molecule has 0 unspecified atom stereocenters. The second-order valence-corrected chi connectivity index (χ2v) is 6.07. The molecule has 138 valence electrons. The first kappa shape index (κ1) is 17.5. The van der Waals surface area contributed by atoms with Gasteiger partial charge < -0.3 is 10.6 Å². The van der Waals surface area contributed by atoms with Gasteiger partial charge in [0.25, 0.3) is 5.91 Å². The molecule has 7 heteroatoms. The lowest BCUT2D eigenvalue weighted by molar-refractivity contribution is 0.0945. The topological polar surface area (TPSA) is 79.8 Å². The highest BCUT2D eigenvalue weighted by molar-refractivity contribution is 5.94. The molecule has 2 N–H and O–H groups in total. The van der Waals surface area contributed by atoms with Crippen molar-refractivity contribution in [3.8, 4) is 0 Å². The van der Waals surface area contributed by atoms with Gasteiger partial charge in [0.05, 0.1) is 11.2 Å². The summed E-state index contributed by atoms with van der Waals surface area (Å²) >= 11 is 0. The average Bonchev–Trinajstić information content (AvgIpc) is 2.73. The van der Waals surface area contributed by atoms with Crippen molar-refractivity contribution in [2.24, 2.45) is 0 Å². The second-order valence-electron chi connectivity index (χ2n) is 6.07. The van der Waals surface area contributed by atoms with Gasteiger partial charge in [-0.05, 0) is 18.2 Å². The fourth-order valence-electron chi connectivity index (χ4n) is 2.80. The van der Waals surface area contributed by atoms with Crippen molar-refractivity contribution in [1.82, 2.24) is 20.3 Å². The van der Waals surface area contributed by atoms with E-state index in [2.05, 4.69) is 25.6 Å². The van der Waals surface area contributed by atoms with Crippen molar-refractivity contribution in [2.75, 3.05) is 5.32 Å². The summed E-state index contributed by atoms with van der Waals surface area (Å²) in [5.41, 5.74) is 2.16. The molecule has 0 fully saturated rings. The molecule has 2 aromatic heterocycles. The molecule has 0 radical (unpaired) electrons. The summed E-state index contributed by atoms with van der Waals surface area (Å²) in [5, 5.41) is 6.83. The van der Waals surface area contributed by atoms with Crippen LogP contribution in [0.25, 0.3) is 10.9 Å². The van der Waals surface area contributed by atoms with E-state index in [0.717, 1.165) is 16.6 Å². The van der Waals surface area contributed by atoms with Crippen LogP contribution in [0, 0.1) is 5.82 Å². The summed E-state index contributed by atoms with van der Waals surface area (Å²) < 4.78 is 13.7. The molecule has 4 aromatic rings. The minimum atomic E-state index is -0.412. The van der Waals surface area contributed by atoms with Crippen LogP contribution in [-0.4, -0.2) is 20.9 Å². The summed E-state index contributed by atoms with van der Waals surface area (Å²) in [7, 11) is 0. The van der Waals surface area contributed by atoms with E-state index in [9.17, 15) is 9.18 Å². The zero-order chi connectivity index (χ0) is 19.3. The Morgan fingerprint density at radius 3 is 2.71 bits per heavy atom. The van der Waals surface area contributed by atoms with Crippen molar-refractivity contribution in [1.29, 1.82) is 0 Å². The zero-order valence-corrected chi connectivity index (χ0v) is 14.8. The molecule has 28 heavy (non-hydrogen) atoms. The first-order chi connectivity index (χ1) is 13.7. The number of carbonyl (C=O) groups is 1. The predicted octanol–water partition coefficient (Wildman–Crippen LogP) is 3.84. The highest BCUT2D eigenvalue weighted by Crippen LogP contribution is 2.23. The van der Waals surface area contributed by atoms with Gasteiger partial charge in [-0.15, -0.1) is 0 Å². The van der Waals surface area contributed by atoms with E-state index in [1.165, 1.54) is 12.4 Å². The Hall–Kier alpha value is -3.87. The first-order valence-electron chi connectivity index (χ1n) is 8.65. The smallest absolute Gasteiger partial charge is 0.270 e. The minimum absolute atomic E-state index is 0.0749. The van der Waals surface area contributed by atoms with Gasteiger partial charge in [-0.2, -0.15) is 0 Å². The van der Waals surface area contributed by atoms with Gasteiger partial charge in [-0.25, -0.2) is 14.4 Å². The van der Waals surface area contributed by atoms with Gasteiger partial charge in [-0.1, -0.05) is 36.4 Å². The Bertz CT molecular complexity index is 1140. The van der Waals surface area contributed by atoms with E-state index in [-0.39, 0.29) is 18.1 Å². The summed E-state index contributed by atoms with van der Waals surface area (Å²) in [5.74, 6) is -0.315. The number of halogens is 1. The third-order valence-corrected chi connectivity index (χ3v) is 4.19. The Balaban J connectivity index is 1.51. The van der Waals surface area contributed by atoms with Gasteiger partial charge in [0.1, 0.15) is 23.7 Å². The van der Waals surface area contributed by atoms with Crippen LogP contribution in [0.15, 0.2) is 73.2 Å². The van der Waals surface area contributed by atoms with Crippen molar-refractivity contribution in [3.05, 3.63) is 90.3 Å². The number of anilines is 2. The van der Waals surface area contributed by atoms with E-state index in [4.69, 9.17) is 0 Å². The number of amides is 1. The van der Waals surface area contributed by atoms with Gasteiger partial charge in [-0.3, -0.25) is 9.78 Å². The van der Waals surface area contributed by atoms with Crippen molar-refractivity contribution in [3.63, 3.8) is 0 Å². The molecule has 0 aliphatic carbocycles. The molecular formula is C21H16FN5O. The average molecular weight is 373 g/mol. The maximum Gasteiger partial charge on any atom is 0.270 e. The fourth-order valence-corrected chi connectivity index (χ4v) is 2.80. The van der Waals surface area contributed by atoms with Gasteiger partial charge in [0, 0.05) is 29.8 Å². The van der Waals surface area contributed by atoms with Crippen LogP contribution < -0.4 is 10.6 Å². The van der Waals surface area contributed by atoms with Crippen LogP contribution in [0.2, 0.25) is 0 Å². The summed E-state index contributed by atoms with van der Waals surface area (Å²) in [6.07, 6.45) is 3.02. The Labute approximate surface area is 160 Å². The molecule has 6 nitrogen and oxygen atoms in total. The molecule has 4 rings (SSSR count). The number of nitrogens with zero attached hydrogens (tertiary/aromatic N) is 3. The molecule has 2 aromatic carbocycles. The molecule has 1 amide bonds. The maximum atomic E-state index is 13.7. The van der Waals surface area contributed by atoms with Crippen LogP contribution >= 0.6 is 0 Å². The van der Waals surface area contributed by atoms with E-state index in [1.807, 2.05) is 30.3 Å². The molecular weight excluding hydrogens is 357 g/mol. The minimum Gasteiger partial charge on any atom is -0.347 e. The monoisotopic (exact) mass is 373 g/mol. The van der Waals surface area contributed by atoms with Crippen LogP contribution in [0.4, 0.5) is 15.9 Å². The number of benzene rings is 2. The molecule has 0 bridgehead atoms. The number of carbonyl (C=O) groups excluding carboxylic acids is 1. The molecule has 2 heterocycles. The Morgan fingerprint density at radius 2 is 1.82 bits per heavy atom. The van der Waals surface area contributed by atoms with E-state index >= 15 is 0 Å². The zero-order valence-electron chi connectivity index (χ0n) is 14.8. The fraction of sp³-hybridized carbons (Fsp3) is 0.0476. The highest BCUT2D eigenvalue weighted by atomic mass is 19.1. The molecule has 0 saturated heterocycles. The SMILES string of the molecule is O=C(NCc1ccccc1F)c1cc(Nc2cccc3cccnc23)ncn1. The van der Waals surface area contributed by atoms with Crippen LogP contribution in [-0.2, 0) is 6.54 Å². The van der Waals surface area contributed by atoms with Crippen LogP contribution in [0.5, 0.6) is 0 Å². The maximum absolute atomic E-state index is 13.7. The number of aromatic nitrogens is 3. The number of rotatable bonds is 5. The number of hydrogen-bond acceptors (Lipinski definition) is 5. The predicted molar refractivity (Wildman–Crippen MR) is 105 cm³/mol. The molecule has 0 atom stereocenters. The van der Waals surface area contributed by atoms with Gasteiger partial charge in [0.15, 0.2) is 0 Å². The van der Waals surface area contributed by atoms with Crippen molar-refractivity contribution < 1.29 is 9.18 Å². The van der Waals surface area contributed by atoms with Gasteiger partial charge in [0.2, 0.25) is 0 Å². The highest BCUT2D eigenvalue weighted by Gasteiger charge is 2.11. The number of para-hydroxylation sites is 1. The van der Waals surface area contributed by atoms with E-state index in [1.54, 1.807) is 30.5 Å². The van der Waals surface area contributed by atoms with E-state index in [0.29, 0.717) is 11.4 Å². The largest absolute Gasteiger partial charge is 0.347 e. The Kier molecular flexibility index (Phi) is 4.88. The lowest BCUT2D eigenvalue weighted by Gasteiger charge is -2.09. The molecule has 0 spiro atoms. The second kappa shape index (κ2) is 7.79. The first-order valence-corrected chi connectivity index (χ1v) is 8.65. The molecule has 0 saturated carbocycles. The van der Waals surface area contributed by atoms with Crippen LogP contribution in [0.3, 0.4) is 0 Å². The molecule has 0 aliphatic heterocycles. The van der Waals surface area contributed by atoms with Gasteiger partial charge >= 0.3 is 0 Å². The lowest BCUT2D eigenvalue weighted by Crippen LogP contribution is -2.24. The normalized spacial score (nSPS) is 10.6. The van der Waals surface area contributed by atoms with Crippen molar-refractivity contribution in [2.45, 2.75) is 6.54 Å².